The van der Waals surface area contributed by atoms with Crippen molar-refractivity contribution in [3.05, 3.63) is 54.6 Å². The summed E-state index contributed by atoms with van der Waals surface area (Å²) in [5.74, 6) is 0. The first kappa shape index (κ1) is 31.6. The Kier molecular flexibility index (Phi) is 19.4. The Bertz CT molecular complexity index is 411. The zero-order valence-corrected chi connectivity index (χ0v) is 19.8. The van der Waals surface area contributed by atoms with Gasteiger partial charge in [0.15, 0.2) is 0 Å². The van der Waals surface area contributed by atoms with Crippen molar-refractivity contribution in [3.63, 3.8) is 0 Å². The van der Waals surface area contributed by atoms with E-state index in [1.165, 1.54) is 0 Å². The van der Waals surface area contributed by atoms with E-state index < -0.39 is 0 Å². The van der Waals surface area contributed by atoms with Crippen molar-refractivity contribution in [1.29, 1.82) is 0 Å². The summed E-state index contributed by atoms with van der Waals surface area (Å²) >= 11 is 0. The second-order valence-electron chi connectivity index (χ2n) is 6.78. The second kappa shape index (κ2) is 14.1. The van der Waals surface area contributed by atoms with E-state index >= 15 is 0 Å². The minimum absolute atomic E-state index is 0. The van der Waals surface area contributed by atoms with Crippen LogP contribution in [0.2, 0.25) is 0 Å². The van der Waals surface area contributed by atoms with Crippen LogP contribution in [0.4, 0.5) is 0 Å². The summed E-state index contributed by atoms with van der Waals surface area (Å²) in [7, 11) is -0.101. The van der Waals surface area contributed by atoms with Gasteiger partial charge in [-0.2, -0.15) is 12.1 Å². The third kappa shape index (κ3) is 12.0. The van der Waals surface area contributed by atoms with Gasteiger partial charge in [0.05, 0.1) is 0 Å². The molecule has 0 aromatic heterocycles. The topological polar surface area (TPSA) is 0 Å². The Morgan fingerprint density at radius 3 is 1.17 bits per heavy atom. The van der Waals surface area contributed by atoms with Gasteiger partial charge in [-0.15, -0.1) is 38.0 Å². The van der Waals surface area contributed by atoms with E-state index in [0.29, 0.717) is 10.3 Å². The van der Waals surface area contributed by atoms with E-state index in [1.807, 2.05) is 30.3 Å². The van der Waals surface area contributed by atoms with Crippen LogP contribution in [-0.2, 0) is 37.5 Å². The second-order valence-corrected chi connectivity index (χ2v) is 10.7. The molecule has 0 aliphatic carbocycles. The van der Waals surface area contributed by atoms with Crippen LogP contribution in [0.15, 0.2) is 54.6 Å². The molecule has 0 saturated heterocycles. The molecule has 0 unspecified atom stereocenters. The van der Waals surface area contributed by atoms with Crippen LogP contribution >= 0.6 is 32.7 Å². The van der Waals surface area contributed by atoms with Crippen molar-refractivity contribution in [2.24, 2.45) is 0 Å². The molecule has 0 fully saturated rings. The molecule has 0 nitrogen and oxygen atoms in total. The van der Waals surface area contributed by atoms with Gasteiger partial charge in [0.1, 0.15) is 0 Å². The maximum absolute atomic E-state index is 2.36. The van der Waals surface area contributed by atoms with Crippen LogP contribution in [0.3, 0.4) is 0 Å². The van der Waals surface area contributed by atoms with Crippen LogP contribution in [0, 0.1) is 0 Å². The molecule has 2 aromatic rings. The van der Waals surface area contributed by atoms with Crippen molar-refractivity contribution in [3.8, 4) is 0 Å². The molecule has 0 atom stereocenters. The average Bonchev–Trinajstić information content (AvgIpc) is 2.86. The molecule has 0 bridgehead atoms. The first-order chi connectivity index (χ1) is 8.73. The number of halogens is 2. The summed E-state index contributed by atoms with van der Waals surface area (Å²) < 4.78 is 0. The third-order valence-electron chi connectivity index (χ3n) is 2.80. The molecular weight excluding hydrogens is 480 g/mol. The van der Waals surface area contributed by atoms with Crippen molar-refractivity contribution < 1.29 is 37.5 Å². The maximum Gasteiger partial charge on any atom is 0 e. The number of hydrogen-bond donors (Lipinski definition) is 0. The molecule has 0 amide bonds. The monoisotopic (exact) mass is 508 g/mol. The largest absolute Gasteiger partial charge is 0.748 e. The van der Waals surface area contributed by atoms with Gasteiger partial charge >= 0.3 is 0 Å². The Labute approximate surface area is 181 Å². The van der Waals surface area contributed by atoms with E-state index in [4.69, 9.17) is 0 Å². The van der Waals surface area contributed by atoms with E-state index in [0.717, 1.165) is 0 Å². The molecule has 0 radical (unpaired) electrons. The predicted octanol–water partition coefficient (Wildman–Crippen LogP) is 6.35. The molecule has 144 valence electrons. The average molecular weight is 510 g/mol. The van der Waals surface area contributed by atoms with Crippen molar-refractivity contribution in [2.45, 2.75) is 51.9 Å². The van der Waals surface area contributed by atoms with E-state index in [1.54, 1.807) is 5.30 Å². The van der Waals surface area contributed by atoms with Gasteiger partial charge in [-0.3, -0.25) is 0 Å². The van der Waals surface area contributed by atoms with Gasteiger partial charge in [-0.05, 0) is 10.3 Å². The first-order valence-electron chi connectivity index (χ1n) is 6.91. The minimum Gasteiger partial charge on any atom is -0.748 e. The van der Waals surface area contributed by atoms with Crippen molar-refractivity contribution >= 4 is 38.0 Å². The summed E-state index contributed by atoms with van der Waals surface area (Å²) in [6.45, 7) is 14.1. The predicted molar refractivity (Wildman–Crippen MR) is 105 cm³/mol. The Balaban J connectivity index is -0.000000174. The van der Waals surface area contributed by atoms with Gasteiger partial charge in [-0.25, -0.2) is 12.1 Å². The normalized spacial score (nSPS) is 10.0. The molecule has 0 spiro atoms. The molecule has 0 N–H and O–H groups in total. The fourth-order valence-electron chi connectivity index (χ4n) is 2.61. The zero-order chi connectivity index (χ0) is 14.5. The van der Waals surface area contributed by atoms with Gasteiger partial charge in [0, 0.05) is 37.5 Å². The van der Waals surface area contributed by atoms with Crippen LogP contribution in [0.25, 0.3) is 0 Å². The third-order valence-corrected chi connectivity index (χ3v) is 6.30. The fraction of sp³-hybridized carbons (Fsp3) is 0.444. The van der Waals surface area contributed by atoms with E-state index in [-0.39, 0.29) is 70.2 Å². The Hall–Kier alpha value is 0.892. The standard InChI is InChI=1S/C13H22P.C5H5.2ClH.Fe.Pd/c1-12(2,3)14(13(4,5)6)11-9-7-8-10-11;1-2-4-5-3-1;;;;/h7-10H,1-6H3;1-5H;2*1H;;/q-1;-5;;;;. The van der Waals surface area contributed by atoms with Crippen LogP contribution in [0.5, 0.6) is 0 Å². The zero-order valence-electron chi connectivity index (χ0n) is 14.6. The fourth-order valence-corrected chi connectivity index (χ4v) is 6.65. The maximum atomic E-state index is 2.36. The first-order valence-corrected chi connectivity index (χ1v) is 8.26. The molecule has 0 saturated carbocycles. The van der Waals surface area contributed by atoms with Crippen molar-refractivity contribution in [2.75, 3.05) is 0 Å². The van der Waals surface area contributed by atoms with Gasteiger partial charge in [0.2, 0.25) is 0 Å². The van der Waals surface area contributed by atoms with Crippen LogP contribution in [-0.4, -0.2) is 10.3 Å². The summed E-state index contributed by atoms with van der Waals surface area (Å²) in [5, 5.41) is 2.32. The van der Waals surface area contributed by atoms with Crippen LogP contribution in [0.1, 0.15) is 41.5 Å². The molecule has 23 heavy (non-hydrogen) atoms. The Morgan fingerprint density at radius 2 is 0.957 bits per heavy atom. The quantitative estimate of drug-likeness (QED) is 0.239. The number of rotatable bonds is 1. The minimum atomic E-state index is -0.101. The molecule has 2 rings (SSSR count). The summed E-state index contributed by atoms with van der Waals surface area (Å²) in [6.07, 6.45) is 0. The van der Waals surface area contributed by atoms with Gasteiger partial charge in [-0.1, -0.05) is 41.5 Å². The number of hydrogen-bond acceptors (Lipinski definition) is 0. The SMILES string of the molecule is CC(C)(C)P([c-]1cccc1)C(C)(C)C.Cl.Cl.[Fe].[Pd].[cH-]1[cH-][cH-][cH-][cH-]1. The smallest absolute Gasteiger partial charge is 0 e. The van der Waals surface area contributed by atoms with E-state index in [2.05, 4.69) is 65.8 Å². The molecule has 0 aliphatic rings. The molecule has 0 heterocycles. The summed E-state index contributed by atoms with van der Waals surface area (Å²) in [5.41, 5.74) is 0. The Morgan fingerprint density at radius 1 is 0.696 bits per heavy atom. The van der Waals surface area contributed by atoms with E-state index in [9.17, 15) is 0 Å². The molecule has 2 aromatic carbocycles. The van der Waals surface area contributed by atoms with Crippen LogP contribution < -0.4 is 5.30 Å². The molecular formula is C18H29Cl2FePPd-6. The molecule has 5 heteroatoms. The van der Waals surface area contributed by atoms with Crippen molar-refractivity contribution in [1.82, 2.24) is 0 Å². The molecule has 0 aliphatic heterocycles. The van der Waals surface area contributed by atoms with Gasteiger partial charge in [0.25, 0.3) is 0 Å². The summed E-state index contributed by atoms with van der Waals surface area (Å²) in [4.78, 5) is 0. The van der Waals surface area contributed by atoms with Gasteiger partial charge < -0.3 is 30.3 Å². The summed E-state index contributed by atoms with van der Waals surface area (Å²) in [6, 6.07) is 18.9.